The van der Waals surface area contributed by atoms with Crippen LogP contribution in [0.5, 0.6) is 0 Å². The fourth-order valence-electron chi connectivity index (χ4n) is 4.45. The summed E-state index contributed by atoms with van der Waals surface area (Å²) in [6.45, 7) is 0.184. The average molecular weight is 437 g/mol. The lowest BCUT2D eigenvalue weighted by atomic mass is 9.93. The second-order valence-corrected chi connectivity index (χ2v) is 8.12. The van der Waals surface area contributed by atoms with E-state index in [0.717, 1.165) is 22.0 Å². The fourth-order valence-corrected chi connectivity index (χ4v) is 4.45. The van der Waals surface area contributed by atoms with E-state index in [1.54, 1.807) is 12.3 Å². The number of aryl methyl sites for hydroxylation is 1. The Morgan fingerprint density at radius 3 is 2.55 bits per heavy atom. The summed E-state index contributed by atoms with van der Waals surface area (Å²) in [6, 6.07) is 22.2. The van der Waals surface area contributed by atoms with Gasteiger partial charge in [0, 0.05) is 35.3 Å². The fraction of sp³-hybridized carbons (Fsp3) is 0.148. The van der Waals surface area contributed by atoms with E-state index in [1.807, 2.05) is 72.9 Å². The van der Waals surface area contributed by atoms with Gasteiger partial charge in [0.25, 0.3) is 5.91 Å². The summed E-state index contributed by atoms with van der Waals surface area (Å²) in [4.78, 5) is 35.7. The van der Waals surface area contributed by atoms with Crippen LogP contribution in [0, 0.1) is 0 Å². The molecule has 0 bridgehead atoms. The molecule has 1 unspecified atom stereocenters. The summed E-state index contributed by atoms with van der Waals surface area (Å²) in [5.41, 5.74) is 3.55. The van der Waals surface area contributed by atoms with Crippen molar-refractivity contribution in [1.82, 2.24) is 14.9 Å². The van der Waals surface area contributed by atoms with Gasteiger partial charge in [-0.15, -0.1) is 0 Å². The van der Waals surface area contributed by atoms with Crippen LogP contribution in [0.4, 0.5) is 0 Å². The molecular weight excluding hydrogens is 414 g/mol. The lowest BCUT2D eigenvalue weighted by Crippen LogP contribution is -2.31. The van der Waals surface area contributed by atoms with E-state index in [9.17, 15) is 14.7 Å². The Bertz CT molecular complexity index is 1340. The SMILES string of the molecule is O=C(CCc1ccccc1)C1=C(O)C(=O)N(Cc2ccccn2)C1c1c[nH]c2ccccc12. The normalized spacial score (nSPS) is 16.1. The first-order chi connectivity index (χ1) is 16.1. The van der Waals surface area contributed by atoms with Crippen molar-refractivity contribution in [3.05, 3.63) is 113 Å². The quantitative estimate of drug-likeness (QED) is 0.440. The van der Waals surface area contributed by atoms with Crippen LogP contribution >= 0.6 is 0 Å². The Hall–Kier alpha value is -4.19. The molecule has 0 saturated heterocycles. The number of nitrogens with one attached hydrogen (secondary N) is 1. The second kappa shape index (κ2) is 8.74. The smallest absolute Gasteiger partial charge is 0.290 e. The number of fused-ring (bicyclic) bond motifs is 1. The maximum atomic E-state index is 13.4. The largest absolute Gasteiger partial charge is 0.503 e. The monoisotopic (exact) mass is 437 g/mol. The molecule has 1 atom stereocenters. The standard InChI is InChI=1S/C27H23N3O3/c31-23(14-13-18-8-2-1-3-9-18)24-25(21-16-29-22-12-5-4-11-20(21)22)30(27(33)26(24)32)17-19-10-6-7-15-28-19/h1-12,15-16,25,29,32H,13-14,17H2. The molecule has 33 heavy (non-hydrogen) atoms. The number of carbonyl (C=O) groups excluding carboxylic acids is 2. The van der Waals surface area contributed by atoms with Crippen molar-refractivity contribution < 1.29 is 14.7 Å². The summed E-state index contributed by atoms with van der Waals surface area (Å²) in [7, 11) is 0. The topological polar surface area (TPSA) is 86.3 Å². The third kappa shape index (κ3) is 3.91. The molecule has 164 valence electrons. The highest BCUT2D eigenvalue weighted by atomic mass is 16.3. The summed E-state index contributed by atoms with van der Waals surface area (Å²) in [6.07, 6.45) is 4.21. The molecule has 3 heterocycles. The van der Waals surface area contributed by atoms with E-state index in [4.69, 9.17) is 0 Å². The number of aromatic amines is 1. The highest BCUT2D eigenvalue weighted by Gasteiger charge is 2.44. The number of hydrogen-bond acceptors (Lipinski definition) is 4. The van der Waals surface area contributed by atoms with Gasteiger partial charge in [-0.2, -0.15) is 0 Å². The van der Waals surface area contributed by atoms with E-state index < -0.39 is 17.7 Å². The molecule has 5 rings (SSSR count). The van der Waals surface area contributed by atoms with Crippen LogP contribution in [0.2, 0.25) is 0 Å². The van der Waals surface area contributed by atoms with Crippen molar-refractivity contribution in [2.45, 2.75) is 25.4 Å². The Labute approximate surface area is 191 Å². The highest BCUT2D eigenvalue weighted by molar-refractivity contribution is 6.09. The van der Waals surface area contributed by atoms with Crippen LogP contribution in [0.25, 0.3) is 10.9 Å². The third-order valence-corrected chi connectivity index (χ3v) is 6.06. The number of aliphatic hydroxyl groups excluding tert-OH is 1. The maximum absolute atomic E-state index is 13.4. The lowest BCUT2D eigenvalue weighted by molar-refractivity contribution is -0.130. The molecule has 2 aromatic carbocycles. The maximum Gasteiger partial charge on any atom is 0.290 e. The number of nitrogens with zero attached hydrogens (tertiary/aromatic N) is 2. The number of hydrogen-bond donors (Lipinski definition) is 2. The zero-order valence-corrected chi connectivity index (χ0v) is 17.9. The first kappa shape index (κ1) is 20.7. The number of amides is 1. The number of carbonyl (C=O) groups is 2. The van der Waals surface area contributed by atoms with Gasteiger partial charge in [0.15, 0.2) is 11.5 Å². The molecule has 6 nitrogen and oxygen atoms in total. The van der Waals surface area contributed by atoms with Crippen LogP contribution in [-0.4, -0.2) is 31.7 Å². The number of aliphatic hydroxyl groups is 1. The van der Waals surface area contributed by atoms with Gasteiger partial charge in [0.05, 0.1) is 23.9 Å². The zero-order valence-electron chi connectivity index (χ0n) is 17.9. The average Bonchev–Trinajstić information content (AvgIpc) is 3.38. The predicted molar refractivity (Wildman–Crippen MR) is 125 cm³/mol. The van der Waals surface area contributed by atoms with Crippen molar-refractivity contribution in [1.29, 1.82) is 0 Å². The number of H-pyrrole nitrogens is 1. The molecule has 2 N–H and O–H groups in total. The first-order valence-corrected chi connectivity index (χ1v) is 10.9. The number of aromatic nitrogens is 2. The van der Waals surface area contributed by atoms with E-state index in [2.05, 4.69) is 9.97 Å². The summed E-state index contributed by atoms with van der Waals surface area (Å²) >= 11 is 0. The van der Waals surface area contributed by atoms with E-state index in [-0.39, 0.29) is 24.3 Å². The minimum Gasteiger partial charge on any atom is -0.503 e. The number of Topliss-reactive ketones (excluding diaryl/α,β-unsaturated/α-hetero) is 1. The van der Waals surface area contributed by atoms with Crippen LogP contribution in [0.3, 0.4) is 0 Å². The molecule has 4 aromatic rings. The van der Waals surface area contributed by atoms with E-state index in [1.165, 1.54) is 4.90 Å². The first-order valence-electron chi connectivity index (χ1n) is 10.9. The van der Waals surface area contributed by atoms with Crippen molar-refractivity contribution in [3.63, 3.8) is 0 Å². The van der Waals surface area contributed by atoms with Crippen LogP contribution in [0.15, 0.2) is 96.5 Å². The number of benzene rings is 2. The Kier molecular flexibility index (Phi) is 5.48. The van der Waals surface area contributed by atoms with Crippen molar-refractivity contribution in [2.75, 3.05) is 0 Å². The molecular formula is C27H23N3O3. The molecule has 2 aromatic heterocycles. The molecule has 1 aliphatic heterocycles. The van der Waals surface area contributed by atoms with Gasteiger partial charge in [-0.3, -0.25) is 14.6 Å². The summed E-state index contributed by atoms with van der Waals surface area (Å²) < 4.78 is 0. The number of para-hydroxylation sites is 1. The molecule has 0 spiro atoms. The van der Waals surface area contributed by atoms with E-state index in [0.29, 0.717) is 12.1 Å². The molecule has 1 aliphatic rings. The van der Waals surface area contributed by atoms with Crippen molar-refractivity contribution in [3.8, 4) is 0 Å². The molecule has 6 heteroatoms. The Morgan fingerprint density at radius 1 is 1.00 bits per heavy atom. The van der Waals surface area contributed by atoms with E-state index >= 15 is 0 Å². The van der Waals surface area contributed by atoms with Crippen molar-refractivity contribution in [2.24, 2.45) is 0 Å². The molecule has 0 saturated carbocycles. The highest BCUT2D eigenvalue weighted by Crippen LogP contribution is 2.41. The minimum absolute atomic E-state index is 0.150. The van der Waals surface area contributed by atoms with Crippen molar-refractivity contribution >= 4 is 22.6 Å². The van der Waals surface area contributed by atoms with Gasteiger partial charge < -0.3 is 15.0 Å². The van der Waals surface area contributed by atoms with Crippen LogP contribution in [0.1, 0.15) is 29.3 Å². The summed E-state index contributed by atoms with van der Waals surface area (Å²) in [5.74, 6) is -1.26. The lowest BCUT2D eigenvalue weighted by Gasteiger charge is -2.26. The van der Waals surface area contributed by atoms with Crippen LogP contribution in [-0.2, 0) is 22.6 Å². The number of rotatable bonds is 7. The molecule has 0 aliphatic carbocycles. The van der Waals surface area contributed by atoms with Gasteiger partial charge in [-0.25, -0.2) is 0 Å². The zero-order chi connectivity index (χ0) is 22.8. The number of pyridine rings is 1. The van der Waals surface area contributed by atoms with Gasteiger partial charge in [-0.05, 0) is 30.2 Å². The van der Waals surface area contributed by atoms with Gasteiger partial charge in [0.1, 0.15) is 0 Å². The molecule has 0 fully saturated rings. The summed E-state index contributed by atoms with van der Waals surface area (Å²) in [5, 5.41) is 11.8. The van der Waals surface area contributed by atoms with Crippen LogP contribution < -0.4 is 0 Å². The predicted octanol–water partition coefficient (Wildman–Crippen LogP) is 4.66. The third-order valence-electron chi connectivity index (χ3n) is 6.06. The van der Waals surface area contributed by atoms with Gasteiger partial charge in [-0.1, -0.05) is 54.6 Å². The molecule has 1 amide bonds. The molecule has 0 radical (unpaired) electrons. The Morgan fingerprint density at radius 2 is 1.76 bits per heavy atom. The Balaban J connectivity index is 1.53. The van der Waals surface area contributed by atoms with Gasteiger partial charge in [0.2, 0.25) is 0 Å². The second-order valence-electron chi connectivity index (χ2n) is 8.12. The minimum atomic E-state index is -0.695. The number of ketones is 1. The van der Waals surface area contributed by atoms with Gasteiger partial charge >= 0.3 is 0 Å².